The number of thiophene rings is 1. The zero-order valence-electron chi connectivity index (χ0n) is 15.1. The van der Waals surface area contributed by atoms with E-state index in [0.29, 0.717) is 28.5 Å². The van der Waals surface area contributed by atoms with Crippen LogP contribution in [0.4, 0.5) is 11.4 Å². The maximum atomic E-state index is 12.6. The number of hydrogen-bond acceptors (Lipinski definition) is 4. The molecule has 144 valence electrons. The first-order chi connectivity index (χ1) is 13.6. The second kappa shape index (κ2) is 9.92. The fraction of sp³-hybridized carbons (Fsp3) is 0.143. The molecule has 28 heavy (non-hydrogen) atoms. The van der Waals surface area contributed by atoms with Crippen LogP contribution in [0.5, 0.6) is 0 Å². The van der Waals surface area contributed by atoms with Gasteiger partial charge in [-0.2, -0.15) is 0 Å². The first kappa shape index (κ1) is 19.9. The van der Waals surface area contributed by atoms with Crippen LogP contribution in [0.1, 0.15) is 15.2 Å². The van der Waals surface area contributed by atoms with E-state index in [1.807, 2.05) is 23.6 Å². The number of benzene rings is 2. The van der Waals surface area contributed by atoms with Gasteiger partial charge in [0.05, 0.1) is 12.1 Å². The van der Waals surface area contributed by atoms with Crippen molar-refractivity contribution in [2.75, 3.05) is 23.7 Å². The third kappa shape index (κ3) is 5.84. The largest absolute Gasteiger partial charge is 0.376 e. The SMILES string of the molecule is O=C(CNc1ccccc1C(=O)Nc1ccc(Cl)cc1)NCCc1cccs1. The summed E-state index contributed by atoms with van der Waals surface area (Å²) in [4.78, 5) is 25.9. The molecule has 1 aromatic heterocycles. The number of halogens is 1. The first-order valence-corrected chi connectivity index (χ1v) is 10.1. The summed E-state index contributed by atoms with van der Waals surface area (Å²) < 4.78 is 0. The maximum absolute atomic E-state index is 12.6. The molecule has 0 radical (unpaired) electrons. The topological polar surface area (TPSA) is 70.2 Å². The predicted molar refractivity (Wildman–Crippen MR) is 115 cm³/mol. The summed E-state index contributed by atoms with van der Waals surface area (Å²) in [6.45, 7) is 0.676. The summed E-state index contributed by atoms with van der Waals surface area (Å²) in [7, 11) is 0. The maximum Gasteiger partial charge on any atom is 0.257 e. The van der Waals surface area contributed by atoms with Gasteiger partial charge in [0.1, 0.15) is 0 Å². The van der Waals surface area contributed by atoms with Gasteiger partial charge in [0.15, 0.2) is 0 Å². The van der Waals surface area contributed by atoms with E-state index in [9.17, 15) is 9.59 Å². The Morgan fingerprint density at radius 2 is 1.75 bits per heavy atom. The Bertz CT molecular complexity index is 927. The van der Waals surface area contributed by atoms with Gasteiger partial charge in [-0.3, -0.25) is 9.59 Å². The van der Waals surface area contributed by atoms with Crippen molar-refractivity contribution in [3.63, 3.8) is 0 Å². The van der Waals surface area contributed by atoms with Gasteiger partial charge in [-0.15, -0.1) is 11.3 Å². The number of hydrogen-bond donors (Lipinski definition) is 3. The Labute approximate surface area is 172 Å². The van der Waals surface area contributed by atoms with Crippen molar-refractivity contribution in [2.24, 2.45) is 0 Å². The van der Waals surface area contributed by atoms with Gasteiger partial charge in [0, 0.05) is 27.8 Å². The van der Waals surface area contributed by atoms with E-state index in [-0.39, 0.29) is 18.4 Å². The van der Waals surface area contributed by atoms with Gasteiger partial charge in [-0.05, 0) is 54.3 Å². The highest BCUT2D eigenvalue weighted by molar-refractivity contribution is 7.09. The van der Waals surface area contributed by atoms with Crippen molar-refractivity contribution in [2.45, 2.75) is 6.42 Å². The minimum Gasteiger partial charge on any atom is -0.376 e. The number of carbonyl (C=O) groups excluding carboxylic acids is 2. The molecule has 2 amide bonds. The molecule has 0 aliphatic carbocycles. The molecule has 0 saturated carbocycles. The van der Waals surface area contributed by atoms with Crippen molar-refractivity contribution in [3.05, 3.63) is 81.5 Å². The van der Waals surface area contributed by atoms with E-state index in [1.54, 1.807) is 53.8 Å². The molecule has 5 nitrogen and oxygen atoms in total. The van der Waals surface area contributed by atoms with Crippen molar-refractivity contribution >= 4 is 46.1 Å². The molecule has 0 fully saturated rings. The molecule has 3 N–H and O–H groups in total. The second-order valence-electron chi connectivity index (χ2n) is 6.04. The number of amides is 2. The number of rotatable bonds is 8. The monoisotopic (exact) mass is 413 g/mol. The molecule has 0 saturated heterocycles. The molecular formula is C21H20ClN3O2S. The van der Waals surface area contributed by atoms with Crippen molar-refractivity contribution in [1.29, 1.82) is 0 Å². The lowest BCUT2D eigenvalue weighted by Gasteiger charge is -2.12. The van der Waals surface area contributed by atoms with Crippen LogP contribution in [0.2, 0.25) is 5.02 Å². The Hall–Kier alpha value is -2.83. The summed E-state index contributed by atoms with van der Waals surface area (Å²) in [5.41, 5.74) is 1.71. The molecule has 3 aromatic rings. The zero-order valence-corrected chi connectivity index (χ0v) is 16.6. The van der Waals surface area contributed by atoms with Crippen molar-refractivity contribution in [1.82, 2.24) is 5.32 Å². The summed E-state index contributed by atoms with van der Waals surface area (Å²) in [5.74, 6) is -0.381. The minimum absolute atomic E-state index is 0.0929. The zero-order chi connectivity index (χ0) is 19.8. The quantitative estimate of drug-likeness (QED) is 0.511. The predicted octanol–water partition coefficient (Wildman–Crippen LogP) is 4.42. The van der Waals surface area contributed by atoms with Crippen molar-refractivity contribution in [3.8, 4) is 0 Å². The average molecular weight is 414 g/mol. The van der Waals surface area contributed by atoms with Gasteiger partial charge in [-0.1, -0.05) is 29.8 Å². The number of anilines is 2. The van der Waals surface area contributed by atoms with Crippen LogP contribution in [-0.4, -0.2) is 24.9 Å². The third-order valence-electron chi connectivity index (χ3n) is 3.99. The van der Waals surface area contributed by atoms with E-state index in [2.05, 4.69) is 16.0 Å². The van der Waals surface area contributed by atoms with Gasteiger partial charge < -0.3 is 16.0 Å². The van der Waals surface area contributed by atoms with E-state index < -0.39 is 0 Å². The number of para-hydroxylation sites is 1. The van der Waals surface area contributed by atoms with Crippen LogP contribution in [0.15, 0.2) is 66.0 Å². The van der Waals surface area contributed by atoms with Crippen LogP contribution in [0.25, 0.3) is 0 Å². The Kier molecular flexibility index (Phi) is 7.06. The van der Waals surface area contributed by atoms with Crippen LogP contribution in [-0.2, 0) is 11.2 Å². The average Bonchev–Trinajstić information content (AvgIpc) is 3.22. The highest BCUT2D eigenvalue weighted by atomic mass is 35.5. The highest BCUT2D eigenvalue weighted by Crippen LogP contribution is 2.18. The van der Waals surface area contributed by atoms with Crippen molar-refractivity contribution < 1.29 is 9.59 Å². The molecule has 0 bridgehead atoms. The summed E-state index contributed by atoms with van der Waals surface area (Å²) >= 11 is 7.54. The van der Waals surface area contributed by atoms with Crippen LogP contribution in [0, 0.1) is 0 Å². The second-order valence-corrected chi connectivity index (χ2v) is 7.51. The Morgan fingerprint density at radius 1 is 0.964 bits per heavy atom. The molecule has 0 unspecified atom stereocenters. The lowest BCUT2D eigenvalue weighted by Crippen LogP contribution is -2.31. The molecule has 7 heteroatoms. The van der Waals surface area contributed by atoms with Gasteiger partial charge in [0.2, 0.25) is 5.91 Å². The summed E-state index contributed by atoms with van der Waals surface area (Å²) in [6.07, 6.45) is 0.809. The summed E-state index contributed by atoms with van der Waals surface area (Å²) in [6, 6.07) is 18.0. The molecule has 0 aliphatic rings. The molecule has 0 aliphatic heterocycles. The Morgan fingerprint density at radius 3 is 2.50 bits per heavy atom. The highest BCUT2D eigenvalue weighted by Gasteiger charge is 2.12. The molecule has 0 atom stereocenters. The lowest BCUT2D eigenvalue weighted by atomic mass is 10.1. The fourth-order valence-corrected chi connectivity index (χ4v) is 3.42. The molecule has 3 rings (SSSR count). The number of nitrogens with one attached hydrogen (secondary N) is 3. The first-order valence-electron chi connectivity index (χ1n) is 8.81. The molecular weight excluding hydrogens is 394 g/mol. The van der Waals surface area contributed by atoms with E-state index in [0.717, 1.165) is 6.42 Å². The van der Waals surface area contributed by atoms with E-state index in [4.69, 9.17) is 11.6 Å². The van der Waals surface area contributed by atoms with Crippen LogP contribution < -0.4 is 16.0 Å². The molecule has 2 aromatic carbocycles. The van der Waals surface area contributed by atoms with Gasteiger partial charge >= 0.3 is 0 Å². The van der Waals surface area contributed by atoms with E-state index in [1.165, 1.54) is 4.88 Å². The van der Waals surface area contributed by atoms with Crippen LogP contribution >= 0.6 is 22.9 Å². The van der Waals surface area contributed by atoms with Gasteiger partial charge in [0.25, 0.3) is 5.91 Å². The lowest BCUT2D eigenvalue weighted by molar-refractivity contribution is -0.119. The summed E-state index contributed by atoms with van der Waals surface area (Å²) in [5, 5.41) is 11.4. The molecule has 1 heterocycles. The van der Waals surface area contributed by atoms with Crippen LogP contribution in [0.3, 0.4) is 0 Å². The van der Waals surface area contributed by atoms with Gasteiger partial charge in [-0.25, -0.2) is 0 Å². The smallest absolute Gasteiger partial charge is 0.257 e. The number of carbonyl (C=O) groups is 2. The molecule has 0 spiro atoms. The normalized spacial score (nSPS) is 10.3. The minimum atomic E-state index is -0.261. The Balaban J connectivity index is 1.53. The standard InChI is InChI=1S/C21H20ClN3O2S/c22-15-7-9-16(10-8-15)25-21(27)18-5-1-2-6-19(18)24-14-20(26)23-12-11-17-4-3-13-28-17/h1-10,13,24H,11-12,14H2,(H,23,26)(H,25,27). The third-order valence-corrected chi connectivity index (χ3v) is 5.17. The van der Waals surface area contributed by atoms with E-state index >= 15 is 0 Å². The fourth-order valence-electron chi connectivity index (χ4n) is 2.58.